The Balaban J connectivity index is 1.75. The van der Waals surface area contributed by atoms with E-state index in [9.17, 15) is 4.79 Å². The van der Waals surface area contributed by atoms with Gasteiger partial charge in [-0.05, 0) is 42.8 Å². The number of pyridine rings is 1. The summed E-state index contributed by atoms with van der Waals surface area (Å²) in [6.07, 6.45) is 0. The van der Waals surface area contributed by atoms with Crippen LogP contribution >= 0.6 is 11.8 Å². The highest BCUT2D eigenvalue weighted by atomic mass is 32.2. The molecule has 0 aliphatic rings. The number of thioether (sulfide) groups is 1. The van der Waals surface area contributed by atoms with Crippen molar-refractivity contribution in [2.24, 2.45) is 0 Å². The zero-order chi connectivity index (χ0) is 28.2. The molecule has 1 N–H and O–H groups in total. The van der Waals surface area contributed by atoms with E-state index >= 15 is 0 Å². The van der Waals surface area contributed by atoms with Crippen LogP contribution in [0, 0.1) is 0 Å². The average Bonchev–Trinajstić information content (AvgIpc) is 3.41. The Hall–Kier alpha value is -4.44. The van der Waals surface area contributed by atoms with Gasteiger partial charge in [0.2, 0.25) is 0 Å². The quantitative estimate of drug-likeness (QED) is 0.156. The fourth-order valence-electron chi connectivity index (χ4n) is 4.59. The number of fused-ring (bicyclic) bond motifs is 2. The van der Waals surface area contributed by atoms with Crippen molar-refractivity contribution in [2.45, 2.75) is 17.8 Å². The molecule has 0 atom stereocenters. The van der Waals surface area contributed by atoms with Crippen LogP contribution < -0.4 is 18.9 Å². The molecular formula is C30H29N3O6S. The minimum absolute atomic E-state index is 0.213. The number of methoxy groups -OCH3 is 4. The van der Waals surface area contributed by atoms with Crippen molar-refractivity contribution < 1.29 is 28.5 Å². The lowest BCUT2D eigenvalue weighted by Gasteiger charge is -2.19. The van der Waals surface area contributed by atoms with Gasteiger partial charge in [0.05, 0.1) is 62.9 Å². The molecule has 0 saturated heterocycles. The lowest BCUT2D eigenvalue weighted by Crippen LogP contribution is -2.12. The molecule has 206 valence electrons. The first-order chi connectivity index (χ1) is 19.5. The highest BCUT2D eigenvalue weighted by Crippen LogP contribution is 2.42. The maximum Gasteiger partial charge on any atom is 0.340 e. The molecule has 5 aromatic rings. The Bertz CT molecular complexity index is 1670. The number of esters is 1. The number of hydrogen-bond acceptors (Lipinski definition) is 9. The second-order valence-corrected chi connectivity index (χ2v) is 9.63. The molecule has 5 rings (SSSR count). The van der Waals surface area contributed by atoms with Crippen LogP contribution in [0.5, 0.6) is 23.0 Å². The van der Waals surface area contributed by atoms with E-state index in [1.165, 1.54) is 11.8 Å². The van der Waals surface area contributed by atoms with Gasteiger partial charge in [0, 0.05) is 22.8 Å². The topological polar surface area (TPSA) is 105 Å². The largest absolute Gasteiger partial charge is 0.493 e. The van der Waals surface area contributed by atoms with Gasteiger partial charge in [-0.1, -0.05) is 30.0 Å². The van der Waals surface area contributed by atoms with Crippen molar-refractivity contribution in [1.29, 1.82) is 0 Å². The first-order valence-electron chi connectivity index (χ1n) is 12.6. The summed E-state index contributed by atoms with van der Waals surface area (Å²) in [6.45, 7) is 1.99. The van der Waals surface area contributed by atoms with E-state index in [-0.39, 0.29) is 6.61 Å². The number of rotatable bonds is 10. The molecule has 0 fully saturated rings. The molecule has 0 spiro atoms. The van der Waals surface area contributed by atoms with E-state index in [0.29, 0.717) is 56.5 Å². The van der Waals surface area contributed by atoms with Crippen LogP contribution in [0.2, 0.25) is 0 Å². The van der Waals surface area contributed by atoms with Crippen LogP contribution in [-0.4, -0.2) is 56.0 Å². The minimum Gasteiger partial charge on any atom is -0.493 e. The first kappa shape index (κ1) is 27.1. The number of nitrogens with zero attached hydrogens (tertiary/aromatic N) is 2. The zero-order valence-electron chi connectivity index (χ0n) is 22.9. The second-order valence-electron chi connectivity index (χ2n) is 8.67. The summed E-state index contributed by atoms with van der Waals surface area (Å²) in [6, 6.07) is 17.0. The van der Waals surface area contributed by atoms with Gasteiger partial charge < -0.3 is 28.7 Å². The first-order valence-corrected chi connectivity index (χ1v) is 13.5. The third-order valence-corrected chi connectivity index (χ3v) is 7.31. The number of aromatic amines is 1. The third kappa shape index (κ3) is 5.10. The van der Waals surface area contributed by atoms with E-state index in [4.69, 9.17) is 28.7 Å². The lowest BCUT2D eigenvalue weighted by atomic mass is 9.93. The van der Waals surface area contributed by atoms with E-state index in [0.717, 1.165) is 21.8 Å². The molecule has 2 aromatic heterocycles. The molecule has 0 amide bonds. The Morgan fingerprint density at radius 1 is 0.825 bits per heavy atom. The SMILES string of the molecule is CCOC(=O)c1c(CSc2nc3ccccc3[nH]2)nc2cc(OC)c(OC)cc2c1-c1ccc(OC)c(OC)c1. The van der Waals surface area contributed by atoms with Crippen molar-refractivity contribution in [3.05, 3.63) is 65.9 Å². The standard InChI is InChI=1S/C30H29N3O6S/c1-6-39-29(34)28-22(16-40-30-32-19-9-7-8-10-20(19)33-30)31-21-15-26(38-5)25(37-4)14-18(21)27(28)17-11-12-23(35-2)24(13-17)36-3/h7-15H,6,16H2,1-5H3,(H,32,33). The smallest absolute Gasteiger partial charge is 0.340 e. The molecule has 2 heterocycles. The monoisotopic (exact) mass is 559 g/mol. The Morgan fingerprint density at radius 3 is 2.23 bits per heavy atom. The lowest BCUT2D eigenvalue weighted by molar-refractivity contribution is 0.0526. The molecule has 0 aliphatic carbocycles. The highest BCUT2D eigenvalue weighted by Gasteiger charge is 2.26. The number of para-hydroxylation sites is 2. The van der Waals surface area contributed by atoms with Crippen LogP contribution in [-0.2, 0) is 10.5 Å². The molecule has 3 aromatic carbocycles. The number of H-pyrrole nitrogens is 1. The van der Waals surface area contributed by atoms with Crippen LogP contribution in [0.4, 0.5) is 0 Å². The molecule has 0 radical (unpaired) electrons. The molecule has 0 saturated carbocycles. The number of carbonyl (C=O) groups excluding carboxylic acids is 1. The number of nitrogens with one attached hydrogen (secondary N) is 1. The summed E-state index contributed by atoms with van der Waals surface area (Å²) in [5, 5.41) is 1.42. The van der Waals surface area contributed by atoms with Gasteiger partial charge in [-0.3, -0.25) is 4.98 Å². The summed E-state index contributed by atoms with van der Waals surface area (Å²) < 4.78 is 27.8. The van der Waals surface area contributed by atoms with Crippen LogP contribution in [0.1, 0.15) is 23.0 Å². The summed E-state index contributed by atoms with van der Waals surface area (Å²) in [5.74, 6) is 2.02. The van der Waals surface area contributed by atoms with Gasteiger partial charge in [-0.25, -0.2) is 9.78 Å². The molecule has 9 nitrogen and oxygen atoms in total. The van der Waals surface area contributed by atoms with Crippen LogP contribution in [0.15, 0.2) is 59.8 Å². The predicted molar refractivity (Wildman–Crippen MR) is 155 cm³/mol. The normalized spacial score (nSPS) is 11.0. The van der Waals surface area contributed by atoms with E-state index in [2.05, 4.69) is 9.97 Å². The van der Waals surface area contributed by atoms with Gasteiger partial charge in [0.25, 0.3) is 0 Å². The van der Waals surface area contributed by atoms with E-state index in [1.54, 1.807) is 41.4 Å². The molecule has 10 heteroatoms. The fourth-order valence-corrected chi connectivity index (χ4v) is 5.42. The van der Waals surface area contributed by atoms with E-state index < -0.39 is 5.97 Å². The summed E-state index contributed by atoms with van der Waals surface area (Å²) in [4.78, 5) is 26.5. The van der Waals surface area contributed by atoms with Gasteiger partial charge in [0.15, 0.2) is 28.2 Å². The van der Waals surface area contributed by atoms with Gasteiger partial charge >= 0.3 is 5.97 Å². The number of imidazole rings is 1. The minimum atomic E-state index is -0.475. The van der Waals surface area contributed by atoms with Gasteiger partial charge in [-0.2, -0.15) is 0 Å². The summed E-state index contributed by atoms with van der Waals surface area (Å²) >= 11 is 1.46. The molecule has 40 heavy (non-hydrogen) atoms. The zero-order valence-corrected chi connectivity index (χ0v) is 23.7. The summed E-state index contributed by atoms with van der Waals surface area (Å²) in [5.41, 5.74) is 4.72. The van der Waals surface area contributed by atoms with E-state index in [1.807, 2.05) is 48.5 Å². The van der Waals surface area contributed by atoms with Crippen molar-refractivity contribution in [3.8, 4) is 34.1 Å². The Morgan fingerprint density at radius 2 is 1.52 bits per heavy atom. The van der Waals surface area contributed by atoms with Crippen molar-refractivity contribution in [1.82, 2.24) is 15.0 Å². The third-order valence-electron chi connectivity index (χ3n) is 6.43. The van der Waals surface area contributed by atoms with Crippen molar-refractivity contribution in [2.75, 3.05) is 35.0 Å². The van der Waals surface area contributed by atoms with Crippen LogP contribution in [0.25, 0.3) is 33.1 Å². The maximum absolute atomic E-state index is 13.6. The summed E-state index contributed by atoms with van der Waals surface area (Å²) in [7, 11) is 6.29. The average molecular weight is 560 g/mol. The van der Waals surface area contributed by atoms with Crippen molar-refractivity contribution in [3.63, 3.8) is 0 Å². The number of ether oxygens (including phenoxy) is 5. The van der Waals surface area contributed by atoms with Gasteiger partial charge in [0.1, 0.15) is 0 Å². The number of carbonyl (C=O) groups is 1. The van der Waals surface area contributed by atoms with Crippen LogP contribution in [0.3, 0.4) is 0 Å². The predicted octanol–water partition coefficient (Wildman–Crippen LogP) is 6.28. The maximum atomic E-state index is 13.6. The van der Waals surface area contributed by atoms with Crippen molar-refractivity contribution >= 4 is 39.7 Å². The molecule has 0 unspecified atom stereocenters. The van der Waals surface area contributed by atoms with Gasteiger partial charge in [-0.15, -0.1) is 0 Å². The molecular weight excluding hydrogens is 530 g/mol. The number of hydrogen-bond donors (Lipinski definition) is 1. The second kappa shape index (κ2) is 11.7. The highest BCUT2D eigenvalue weighted by molar-refractivity contribution is 7.98. The fraction of sp³-hybridized carbons (Fsp3) is 0.233. The number of aromatic nitrogens is 3. The Labute approximate surface area is 235 Å². The molecule has 0 aliphatic heterocycles. The number of benzene rings is 3. The molecule has 0 bridgehead atoms. The Kier molecular flexibility index (Phi) is 7.97.